The molecule has 3 aromatic rings. The standard InChI is InChI=1S/C25H28ClN5O4S/c1-30(2)17-28-36(33,34)23-14-20(29-24(32)13-18-7-3-4-8-22(18)26)10-11-21(23)19-15-27-31(16-19)25-9-5-6-12-35-25/h3-4,7-8,10-11,14-17,25H,5-6,9,12-13H2,1-2H3,(H,29,32). The van der Waals surface area contributed by atoms with E-state index >= 15 is 0 Å². The molecule has 36 heavy (non-hydrogen) atoms. The highest BCUT2D eigenvalue weighted by Gasteiger charge is 2.23. The molecule has 0 aliphatic carbocycles. The first kappa shape index (κ1) is 25.9. The van der Waals surface area contributed by atoms with Crippen molar-refractivity contribution in [2.24, 2.45) is 4.40 Å². The summed E-state index contributed by atoms with van der Waals surface area (Å²) in [5, 5.41) is 7.66. The molecule has 1 aliphatic heterocycles. The maximum atomic E-state index is 13.2. The number of sulfonamides is 1. The number of hydrogen-bond donors (Lipinski definition) is 1. The van der Waals surface area contributed by atoms with E-state index in [1.165, 1.54) is 17.3 Å². The number of benzene rings is 2. The SMILES string of the molecule is CN(C)C=NS(=O)(=O)c1cc(NC(=O)Cc2ccccc2Cl)ccc1-c1cnn(C2CCCCO2)c1. The third kappa shape index (κ3) is 6.31. The minimum absolute atomic E-state index is 0.0414. The Morgan fingerprint density at radius 1 is 1.28 bits per heavy atom. The van der Waals surface area contributed by atoms with Crippen LogP contribution in [0.4, 0.5) is 5.69 Å². The molecule has 1 saturated heterocycles. The predicted octanol–water partition coefficient (Wildman–Crippen LogP) is 4.36. The number of aromatic nitrogens is 2. The Morgan fingerprint density at radius 3 is 2.81 bits per heavy atom. The fraction of sp³-hybridized carbons (Fsp3) is 0.320. The monoisotopic (exact) mass is 529 g/mol. The number of rotatable bonds is 8. The van der Waals surface area contributed by atoms with Crippen LogP contribution in [-0.2, 0) is 26.0 Å². The average Bonchev–Trinajstić information content (AvgIpc) is 3.35. The van der Waals surface area contributed by atoms with Gasteiger partial charge >= 0.3 is 0 Å². The van der Waals surface area contributed by atoms with Gasteiger partial charge < -0.3 is 15.0 Å². The van der Waals surface area contributed by atoms with Gasteiger partial charge in [0, 0.05) is 48.7 Å². The van der Waals surface area contributed by atoms with Crippen molar-refractivity contribution < 1.29 is 17.9 Å². The third-order valence-electron chi connectivity index (χ3n) is 5.63. The van der Waals surface area contributed by atoms with Crippen LogP contribution in [0.3, 0.4) is 0 Å². The first-order valence-electron chi connectivity index (χ1n) is 11.5. The van der Waals surface area contributed by atoms with Crippen molar-refractivity contribution in [3.05, 3.63) is 65.4 Å². The van der Waals surface area contributed by atoms with Gasteiger partial charge in [0.25, 0.3) is 10.0 Å². The van der Waals surface area contributed by atoms with Gasteiger partial charge in [-0.15, -0.1) is 4.40 Å². The fourth-order valence-corrected chi connectivity index (χ4v) is 5.22. The minimum Gasteiger partial charge on any atom is -0.368 e. The second-order valence-electron chi connectivity index (χ2n) is 8.72. The van der Waals surface area contributed by atoms with Gasteiger partial charge in [0.1, 0.15) is 12.6 Å². The number of halogens is 1. The van der Waals surface area contributed by atoms with E-state index in [1.807, 2.05) is 0 Å². The van der Waals surface area contributed by atoms with Gasteiger partial charge in [0.2, 0.25) is 5.91 Å². The van der Waals surface area contributed by atoms with Gasteiger partial charge in [0.15, 0.2) is 0 Å². The Hall–Kier alpha value is -3.21. The number of ether oxygens (including phenoxy) is 1. The summed E-state index contributed by atoms with van der Waals surface area (Å²) in [6.45, 7) is 0.668. The van der Waals surface area contributed by atoms with Crippen LogP contribution in [0.25, 0.3) is 11.1 Å². The molecule has 0 radical (unpaired) electrons. The molecule has 9 nitrogen and oxygen atoms in total. The normalized spacial score (nSPS) is 16.2. The highest BCUT2D eigenvalue weighted by Crippen LogP contribution is 2.32. The summed E-state index contributed by atoms with van der Waals surface area (Å²) in [5.41, 5.74) is 2.04. The van der Waals surface area contributed by atoms with Gasteiger partial charge in [-0.1, -0.05) is 35.9 Å². The molecule has 2 aromatic carbocycles. The zero-order chi connectivity index (χ0) is 25.7. The molecule has 1 unspecified atom stereocenters. The number of nitrogens with zero attached hydrogens (tertiary/aromatic N) is 4. The van der Waals surface area contributed by atoms with E-state index in [1.54, 1.807) is 67.6 Å². The molecular formula is C25H28ClN5O4S. The number of anilines is 1. The number of hydrogen-bond acceptors (Lipinski definition) is 5. The highest BCUT2D eigenvalue weighted by atomic mass is 35.5. The highest BCUT2D eigenvalue weighted by molar-refractivity contribution is 7.90. The lowest BCUT2D eigenvalue weighted by atomic mass is 10.1. The summed E-state index contributed by atoms with van der Waals surface area (Å²) < 4.78 is 37.7. The summed E-state index contributed by atoms with van der Waals surface area (Å²) >= 11 is 6.17. The van der Waals surface area contributed by atoms with Crippen LogP contribution in [0.5, 0.6) is 0 Å². The maximum Gasteiger partial charge on any atom is 0.284 e. The molecule has 0 saturated carbocycles. The Balaban J connectivity index is 1.66. The van der Waals surface area contributed by atoms with Crippen molar-refractivity contribution in [2.45, 2.75) is 36.8 Å². The van der Waals surface area contributed by atoms with E-state index in [2.05, 4.69) is 14.8 Å². The van der Waals surface area contributed by atoms with Gasteiger partial charge in [-0.3, -0.25) is 4.79 Å². The van der Waals surface area contributed by atoms with Crippen LogP contribution >= 0.6 is 11.6 Å². The zero-order valence-corrected chi connectivity index (χ0v) is 21.7. The van der Waals surface area contributed by atoms with E-state index in [0.717, 1.165) is 19.3 Å². The number of carbonyl (C=O) groups excluding carboxylic acids is 1. The van der Waals surface area contributed by atoms with Gasteiger partial charge in [-0.05, 0) is 43.0 Å². The molecule has 190 valence electrons. The molecule has 1 aliphatic rings. The number of amides is 1. The lowest BCUT2D eigenvalue weighted by molar-refractivity contribution is -0.115. The first-order chi connectivity index (χ1) is 17.2. The molecule has 2 heterocycles. The first-order valence-corrected chi connectivity index (χ1v) is 13.3. The number of carbonyl (C=O) groups is 1. The predicted molar refractivity (Wildman–Crippen MR) is 140 cm³/mol. The average molecular weight is 530 g/mol. The zero-order valence-electron chi connectivity index (χ0n) is 20.1. The summed E-state index contributed by atoms with van der Waals surface area (Å²) in [7, 11) is -0.726. The third-order valence-corrected chi connectivity index (χ3v) is 7.27. The lowest BCUT2D eigenvalue weighted by Crippen LogP contribution is -2.18. The Morgan fingerprint density at radius 2 is 2.08 bits per heavy atom. The molecule has 1 N–H and O–H groups in total. The van der Waals surface area contributed by atoms with Crippen LogP contribution in [0.1, 0.15) is 31.1 Å². The van der Waals surface area contributed by atoms with E-state index in [0.29, 0.717) is 34.0 Å². The lowest BCUT2D eigenvalue weighted by Gasteiger charge is -2.22. The molecule has 1 amide bonds. The van der Waals surface area contributed by atoms with Crippen LogP contribution < -0.4 is 5.32 Å². The van der Waals surface area contributed by atoms with Crippen molar-refractivity contribution in [3.8, 4) is 11.1 Å². The molecule has 1 aromatic heterocycles. The Labute approximate surface area is 215 Å². The summed E-state index contributed by atoms with van der Waals surface area (Å²) in [5.74, 6) is -0.321. The van der Waals surface area contributed by atoms with Crippen molar-refractivity contribution in [3.63, 3.8) is 0 Å². The van der Waals surface area contributed by atoms with Crippen LogP contribution in [-0.4, -0.2) is 56.0 Å². The van der Waals surface area contributed by atoms with Crippen molar-refractivity contribution in [1.29, 1.82) is 0 Å². The van der Waals surface area contributed by atoms with Crippen LogP contribution in [0, 0.1) is 0 Å². The van der Waals surface area contributed by atoms with Gasteiger partial charge in [-0.2, -0.15) is 13.5 Å². The van der Waals surface area contributed by atoms with Gasteiger partial charge in [-0.25, -0.2) is 4.68 Å². The molecule has 4 rings (SSSR count). The summed E-state index contributed by atoms with van der Waals surface area (Å²) in [6.07, 6.45) is 7.38. The largest absolute Gasteiger partial charge is 0.368 e. The molecule has 11 heteroatoms. The summed E-state index contributed by atoms with van der Waals surface area (Å²) in [6, 6.07) is 11.8. The van der Waals surface area contributed by atoms with E-state index in [9.17, 15) is 13.2 Å². The molecule has 0 spiro atoms. The molecule has 0 bridgehead atoms. The number of nitrogens with one attached hydrogen (secondary N) is 1. The van der Waals surface area contributed by atoms with E-state index in [-0.39, 0.29) is 23.5 Å². The smallest absolute Gasteiger partial charge is 0.284 e. The van der Waals surface area contributed by atoms with Crippen molar-refractivity contribution >= 4 is 39.6 Å². The Bertz CT molecular complexity index is 1360. The molecule has 1 fully saturated rings. The van der Waals surface area contributed by atoms with Crippen molar-refractivity contribution in [2.75, 3.05) is 26.0 Å². The second-order valence-corrected chi connectivity index (χ2v) is 10.7. The topological polar surface area (TPSA) is 106 Å². The van der Waals surface area contributed by atoms with Crippen LogP contribution in [0.2, 0.25) is 5.02 Å². The fourth-order valence-electron chi connectivity index (χ4n) is 3.85. The van der Waals surface area contributed by atoms with Gasteiger partial charge in [0.05, 0.1) is 17.5 Å². The maximum absolute atomic E-state index is 13.2. The molecular weight excluding hydrogens is 502 g/mol. The quantitative estimate of drug-likeness (QED) is 0.343. The van der Waals surface area contributed by atoms with E-state index in [4.69, 9.17) is 16.3 Å². The van der Waals surface area contributed by atoms with Crippen LogP contribution in [0.15, 0.2) is 64.2 Å². The summed E-state index contributed by atoms with van der Waals surface area (Å²) in [4.78, 5) is 14.2. The Kier molecular flexibility index (Phi) is 8.07. The minimum atomic E-state index is -4.09. The second kappa shape index (κ2) is 11.2. The van der Waals surface area contributed by atoms with Crippen molar-refractivity contribution in [1.82, 2.24) is 14.7 Å². The van der Waals surface area contributed by atoms with E-state index < -0.39 is 10.0 Å². The molecule has 1 atom stereocenters.